The van der Waals surface area contributed by atoms with E-state index in [1.165, 1.54) is 18.2 Å². The van der Waals surface area contributed by atoms with Crippen LogP contribution in [0.5, 0.6) is 5.75 Å². The van der Waals surface area contributed by atoms with Crippen molar-refractivity contribution in [3.05, 3.63) is 53.1 Å². The molecule has 0 spiro atoms. The largest absolute Gasteiger partial charge is 0.573 e. The minimum Gasteiger partial charge on any atom is -0.406 e. The minimum atomic E-state index is -4.69. The summed E-state index contributed by atoms with van der Waals surface area (Å²) in [7, 11) is 0. The molecule has 22 heavy (non-hydrogen) atoms. The van der Waals surface area contributed by atoms with E-state index in [0.29, 0.717) is 12.1 Å². The molecule has 0 atom stereocenters. The zero-order valence-electron chi connectivity index (χ0n) is 12.2. The molecule has 0 saturated carbocycles. The van der Waals surface area contributed by atoms with Gasteiger partial charge < -0.3 is 10.5 Å². The Bertz CT molecular complexity index is 633. The summed E-state index contributed by atoms with van der Waals surface area (Å²) in [6, 6.07) is 9.79. The number of aryl methyl sites for hydroxylation is 2. The number of nitrogens with two attached hydrogens (primary N) is 1. The second-order valence-electron chi connectivity index (χ2n) is 4.87. The van der Waals surface area contributed by atoms with Gasteiger partial charge in [-0.2, -0.15) is 0 Å². The van der Waals surface area contributed by atoms with E-state index in [2.05, 4.69) is 4.74 Å². The van der Waals surface area contributed by atoms with E-state index in [0.717, 1.165) is 22.3 Å². The fourth-order valence-electron chi connectivity index (χ4n) is 2.35. The number of halogens is 4. The van der Waals surface area contributed by atoms with Gasteiger partial charge in [0.15, 0.2) is 0 Å². The molecule has 0 bridgehead atoms. The molecule has 0 aliphatic rings. The van der Waals surface area contributed by atoms with Gasteiger partial charge >= 0.3 is 6.36 Å². The summed E-state index contributed by atoms with van der Waals surface area (Å²) in [6.07, 6.45) is -4.69. The van der Waals surface area contributed by atoms with Crippen LogP contribution in [0.4, 0.5) is 13.2 Å². The summed E-state index contributed by atoms with van der Waals surface area (Å²) in [4.78, 5) is 0. The normalized spacial score (nSPS) is 11.0. The highest BCUT2D eigenvalue weighted by molar-refractivity contribution is 5.85. The third-order valence-electron chi connectivity index (χ3n) is 3.30. The molecular formula is C16H17ClF3NO. The van der Waals surface area contributed by atoms with Crippen LogP contribution in [0.1, 0.15) is 16.7 Å². The number of hydrogen-bond donors (Lipinski definition) is 1. The summed E-state index contributed by atoms with van der Waals surface area (Å²) < 4.78 is 40.7. The van der Waals surface area contributed by atoms with Crippen molar-refractivity contribution in [1.29, 1.82) is 0 Å². The molecule has 2 N–H and O–H groups in total. The number of alkyl halides is 3. The van der Waals surface area contributed by atoms with Gasteiger partial charge in [0.25, 0.3) is 0 Å². The number of hydrogen-bond acceptors (Lipinski definition) is 2. The van der Waals surface area contributed by atoms with E-state index in [1.54, 1.807) is 6.07 Å². The highest BCUT2D eigenvalue weighted by atomic mass is 35.5. The Balaban J connectivity index is 0.00000242. The van der Waals surface area contributed by atoms with Crippen molar-refractivity contribution in [3.63, 3.8) is 0 Å². The molecule has 6 heteroatoms. The van der Waals surface area contributed by atoms with Crippen LogP contribution >= 0.6 is 12.4 Å². The Morgan fingerprint density at radius 3 is 2.09 bits per heavy atom. The third-order valence-corrected chi connectivity index (χ3v) is 3.30. The van der Waals surface area contributed by atoms with Gasteiger partial charge in [-0.3, -0.25) is 0 Å². The van der Waals surface area contributed by atoms with Crippen molar-refractivity contribution in [2.45, 2.75) is 26.8 Å². The molecule has 0 aromatic heterocycles. The maximum atomic E-state index is 12.3. The van der Waals surface area contributed by atoms with E-state index in [1.807, 2.05) is 26.0 Å². The standard InChI is InChI=1S/C16H16F3NO.ClH/c1-10-6-13(7-11(2)15(10)9-20)12-4-3-5-14(8-12)21-16(17,18)19;/h3-8H,9,20H2,1-2H3;1H. The lowest BCUT2D eigenvalue weighted by molar-refractivity contribution is -0.274. The van der Waals surface area contributed by atoms with Crippen LogP contribution in [0.25, 0.3) is 11.1 Å². The first kappa shape index (κ1) is 18.3. The molecule has 2 aromatic rings. The maximum Gasteiger partial charge on any atom is 0.573 e. The van der Waals surface area contributed by atoms with Crippen LogP contribution in [0, 0.1) is 13.8 Å². The van der Waals surface area contributed by atoms with Crippen LogP contribution in [0.15, 0.2) is 36.4 Å². The molecule has 2 nitrogen and oxygen atoms in total. The van der Waals surface area contributed by atoms with Crippen molar-refractivity contribution in [1.82, 2.24) is 0 Å². The molecule has 0 radical (unpaired) electrons. The van der Waals surface area contributed by atoms with Crippen molar-refractivity contribution in [2.75, 3.05) is 0 Å². The molecule has 0 aliphatic heterocycles. The minimum absolute atomic E-state index is 0. The molecule has 120 valence electrons. The zero-order valence-corrected chi connectivity index (χ0v) is 13.0. The lowest BCUT2D eigenvalue weighted by atomic mass is 9.95. The molecule has 0 aliphatic carbocycles. The molecule has 0 fully saturated rings. The SMILES string of the molecule is Cc1cc(-c2cccc(OC(F)(F)F)c2)cc(C)c1CN.Cl. The second-order valence-corrected chi connectivity index (χ2v) is 4.87. The quantitative estimate of drug-likeness (QED) is 0.881. The zero-order chi connectivity index (χ0) is 15.6. The Labute approximate surface area is 133 Å². The monoisotopic (exact) mass is 331 g/mol. The highest BCUT2D eigenvalue weighted by Crippen LogP contribution is 2.30. The van der Waals surface area contributed by atoms with Crippen molar-refractivity contribution < 1.29 is 17.9 Å². The molecule has 0 unspecified atom stereocenters. The number of benzene rings is 2. The molecule has 0 saturated heterocycles. The van der Waals surface area contributed by atoms with Gasteiger partial charge in [-0.05, 0) is 53.8 Å². The molecule has 0 heterocycles. The van der Waals surface area contributed by atoms with Gasteiger partial charge in [0.05, 0.1) is 0 Å². The average Bonchev–Trinajstić information content (AvgIpc) is 2.36. The summed E-state index contributed by atoms with van der Waals surface area (Å²) >= 11 is 0. The van der Waals surface area contributed by atoms with E-state index < -0.39 is 6.36 Å². The van der Waals surface area contributed by atoms with Crippen molar-refractivity contribution >= 4 is 12.4 Å². The Morgan fingerprint density at radius 2 is 1.59 bits per heavy atom. The summed E-state index contributed by atoms with van der Waals surface area (Å²) in [5.41, 5.74) is 10.3. The summed E-state index contributed by atoms with van der Waals surface area (Å²) in [6.45, 7) is 4.32. The first-order valence-electron chi connectivity index (χ1n) is 6.46. The number of ether oxygens (including phenoxy) is 1. The van der Waals surface area contributed by atoms with Crippen LogP contribution in [0.2, 0.25) is 0 Å². The van der Waals surface area contributed by atoms with Gasteiger partial charge in [-0.1, -0.05) is 24.3 Å². The van der Waals surface area contributed by atoms with E-state index in [-0.39, 0.29) is 18.2 Å². The van der Waals surface area contributed by atoms with Crippen LogP contribution in [-0.2, 0) is 6.54 Å². The predicted octanol–water partition coefficient (Wildman–Crippen LogP) is 4.75. The van der Waals surface area contributed by atoms with Gasteiger partial charge in [-0.25, -0.2) is 0 Å². The second kappa shape index (κ2) is 7.03. The first-order valence-corrected chi connectivity index (χ1v) is 6.46. The topological polar surface area (TPSA) is 35.2 Å². The molecule has 2 aromatic carbocycles. The van der Waals surface area contributed by atoms with Gasteiger partial charge in [0.2, 0.25) is 0 Å². The van der Waals surface area contributed by atoms with Gasteiger partial charge in [0.1, 0.15) is 5.75 Å². The molecule has 0 amide bonds. The first-order chi connectivity index (χ1) is 9.80. The predicted molar refractivity (Wildman–Crippen MR) is 83.2 cm³/mol. The van der Waals surface area contributed by atoms with E-state index in [4.69, 9.17) is 5.73 Å². The van der Waals surface area contributed by atoms with Crippen LogP contribution < -0.4 is 10.5 Å². The lowest BCUT2D eigenvalue weighted by Gasteiger charge is -2.13. The fourth-order valence-corrected chi connectivity index (χ4v) is 2.35. The van der Waals surface area contributed by atoms with Gasteiger partial charge in [0, 0.05) is 6.54 Å². The fraction of sp³-hybridized carbons (Fsp3) is 0.250. The Hall–Kier alpha value is -1.72. The molecular weight excluding hydrogens is 315 g/mol. The highest BCUT2D eigenvalue weighted by Gasteiger charge is 2.31. The third kappa shape index (κ3) is 4.39. The Kier molecular flexibility index (Phi) is 5.85. The number of rotatable bonds is 3. The van der Waals surface area contributed by atoms with Crippen molar-refractivity contribution in [2.24, 2.45) is 5.73 Å². The Morgan fingerprint density at radius 1 is 1.00 bits per heavy atom. The average molecular weight is 332 g/mol. The summed E-state index contributed by atoms with van der Waals surface area (Å²) in [5.74, 6) is -0.224. The van der Waals surface area contributed by atoms with Crippen LogP contribution in [0.3, 0.4) is 0 Å². The maximum absolute atomic E-state index is 12.3. The smallest absolute Gasteiger partial charge is 0.406 e. The van der Waals surface area contributed by atoms with Crippen LogP contribution in [-0.4, -0.2) is 6.36 Å². The lowest BCUT2D eigenvalue weighted by Crippen LogP contribution is -2.17. The van der Waals surface area contributed by atoms with Gasteiger partial charge in [-0.15, -0.1) is 25.6 Å². The molecule has 2 rings (SSSR count). The van der Waals surface area contributed by atoms with E-state index in [9.17, 15) is 13.2 Å². The summed E-state index contributed by atoms with van der Waals surface area (Å²) in [5, 5.41) is 0. The van der Waals surface area contributed by atoms with Crippen molar-refractivity contribution in [3.8, 4) is 16.9 Å². The van der Waals surface area contributed by atoms with E-state index >= 15 is 0 Å².